The van der Waals surface area contributed by atoms with E-state index in [4.69, 9.17) is 5.10 Å². The highest BCUT2D eigenvalue weighted by atomic mass is 32.2. The highest BCUT2D eigenvalue weighted by molar-refractivity contribution is 7.99. The molecule has 0 bridgehead atoms. The lowest BCUT2D eigenvalue weighted by atomic mass is 10.3. The van der Waals surface area contributed by atoms with E-state index in [0.29, 0.717) is 27.1 Å². The van der Waals surface area contributed by atoms with Crippen LogP contribution in [0.5, 0.6) is 0 Å². The van der Waals surface area contributed by atoms with E-state index in [-0.39, 0.29) is 17.2 Å². The average molecular weight is 438 g/mol. The van der Waals surface area contributed by atoms with Crippen molar-refractivity contribution in [3.8, 4) is 5.69 Å². The zero-order valence-corrected chi connectivity index (χ0v) is 17.9. The van der Waals surface area contributed by atoms with Crippen molar-refractivity contribution in [3.05, 3.63) is 63.9 Å². The lowest BCUT2D eigenvalue weighted by molar-refractivity contribution is -0.113. The van der Waals surface area contributed by atoms with Gasteiger partial charge < -0.3 is 5.32 Å². The van der Waals surface area contributed by atoms with Gasteiger partial charge in [0.2, 0.25) is 5.91 Å². The van der Waals surface area contributed by atoms with Gasteiger partial charge in [-0.1, -0.05) is 30.0 Å². The monoisotopic (exact) mass is 437 g/mol. The van der Waals surface area contributed by atoms with Crippen molar-refractivity contribution in [2.45, 2.75) is 23.9 Å². The molecule has 1 aliphatic carbocycles. The quantitative estimate of drug-likeness (QED) is 0.367. The van der Waals surface area contributed by atoms with E-state index in [1.165, 1.54) is 27.7 Å². The van der Waals surface area contributed by atoms with E-state index in [1.54, 1.807) is 17.8 Å². The SMILES string of the molecule is Cn1c(SCC(=O)Nc2cc(C3CC3)nn2-c2ccccc2)nc2sccc2c1=O. The summed E-state index contributed by atoms with van der Waals surface area (Å²) in [5.41, 5.74) is 1.81. The standard InChI is InChI=1S/C21H19N5O2S2/c1-25-20(28)15-9-10-29-19(15)23-21(25)30-12-18(27)22-17-11-16(13-7-8-13)24-26(17)14-5-3-2-4-6-14/h2-6,9-11,13H,7-8,12H2,1H3,(H,22,27). The Balaban J connectivity index is 1.35. The second kappa shape index (κ2) is 7.73. The predicted octanol–water partition coefficient (Wildman–Crippen LogP) is 3.79. The van der Waals surface area contributed by atoms with Gasteiger partial charge in [-0.2, -0.15) is 5.10 Å². The van der Waals surface area contributed by atoms with Crippen molar-refractivity contribution in [1.29, 1.82) is 0 Å². The minimum atomic E-state index is -0.167. The fourth-order valence-electron chi connectivity index (χ4n) is 3.25. The fraction of sp³-hybridized carbons (Fsp3) is 0.238. The lowest BCUT2D eigenvalue weighted by Crippen LogP contribution is -2.21. The molecule has 7 nitrogen and oxygen atoms in total. The molecule has 9 heteroatoms. The highest BCUT2D eigenvalue weighted by Gasteiger charge is 2.28. The number of benzene rings is 1. The Labute approximate surface area is 180 Å². The zero-order valence-electron chi connectivity index (χ0n) is 16.2. The van der Waals surface area contributed by atoms with Gasteiger partial charge in [0.1, 0.15) is 10.6 Å². The summed E-state index contributed by atoms with van der Waals surface area (Å²) in [6, 6.07) is 13.5. The number of thioether (sulfide) groups is 1. The molecule has 30 heavy (non-hydrogen) atoms. The molecule has 0 aliphatic heterocycles. The molecule has 5 rings (SSSR count). The molecule has 0 atom stereocenters. The largest absolute Gasteiger partial charge is 0.310 e. The maximum Gasteiger partial charge on any atom is 0.262 e. The number of hydrogen-bond acceptors (Lipinski definition) is 6. The minimum Gasteiger partial charge on any atom is -0.310 e. The van der Waals surface area contributed by atoms with Gasteiger partial charge in [0, 0.05) is 19.0 Å². The predicted molar refractivity (Wildman–Crippen MR) is 120 cm³/mol. The fourth-order valence-corrected chi connectivity index (χ4v) is 4.83. The Morgan fingerprint density at radius 1 is 1.27 bits per heavy atom. The lowest BCUT2D eigenvalue weighted by Gasteiger charge is -2.09. The molecule has 1 N–H and O–H groups in total. The van der Waals surface area contributed by atoms with E-state index in [1.807, 2.05) is 41.8 Å². The van der Waals surface area contributed by atoms with Gasteiger partial charge in [-0.25, -0.2) is 9.67 Å². The summed E-state index contributed by atoms with van der Waals surface area (Å²) in [7, 11) is 1.68. The number of thiophene rings is 1. The third-order valence-electron chi connectivity index (χ3n) is 4.99. The molecule has 3 heterocycles. The summed E-state index contributed by atoms with van der Waals surface area (Å²) in [4.78, 5) is 30.3. The molecule has 4 aromatic rings. The van der Waals surface area contributed by atoms with Gasteiger partial charge >= 0.3 is 0 Å². The Hall–Kier alpha value is -2.91. The number of rotatable bonds is 6. The van der Waals surface area contributed by atoms with Gasteiger partial charge in [-0.3, -0.25) is 14.2 Å². The van der Waals surface area contributed by atoms with Crippen LogP contribution < -0.4 is 10.9 Å². The van der Waals surface area contributed by atoms with Crippen molar-refractivity contribution in [1.82, 2.24) is 19.3 Å². The van der Waals surface area contributed by atoms with E-state index in [9.17, 15) is 9.59 Å². The first-order valence-electron chi connectivity index (χ1n) is 9.62. The van der Waals surface area contributed by atoms with Crippen LogP contribution >= 0.6 is 23.1 Å². The Morgan fingerprint density at radius 3 is 2.83 bits per heavy atom. The molecule has 0 spiro atoms. The number of fused-ring (bicyclic) bond motifs is 1. The van der Waals surface area contributed by atoms with Crippen LogP contribution in [-0.4, -0.2) is 31.0 Å². The van der Waals surface area contributed by atoms with Crippen molar-refractivity contribution in [2.24, 2.45) is 7.05 Å². The molecule has 1 aliphatic rings. The first-order chi connectivity index (χ1) is 14.6. The van der Waals surface area contributed by atoms with Crippen LogP contribution in [0.1, 0.15) is 24.5 Å². The van der Waals surface area contributed by atoms with Crippen LogP contribution in [0.15, 0.2) is 57.8 Å². The summed E-state index contributed by atoms with van der Waals surface area (Å²) < 4.78 is 3.27. The zero-order chi connectivity index (χ0) is 20.7. The number of anilines is 1. The van der Waals surface area contributed by atoms with E-state index < -0.39 is 0 Å². The Bertz CT molecular complexity index is 1290. The second-order valence-corrected chi connectivity index (χ2v) is 9.05. The first-order valence-corrected chi connectivity index (χ1v) is 11.5. The van der Waals surface area contributed by atoms with Crippen LogP contribution in [0.3, 0.4) is 0 Å². The number of nitrogens with one attached hydrogen (secondary N) is 1. The summed E-state index contributed by atoms with van der Waals surface area (Å²) in [6.45, 7) is 0. The highest BCUT2D eigenvalue weighted by Crippen LogP contribution is 2.40. The number of amides is 1. The molecular weight excluding hydrogens is 418 g/mol. The van der Waals surface area contributed by atoms with E-state index >= 15 is 0 Å². The summed E-state index contributed by atoms with van der Waals surface area (Å²) >= 11 is 2.67. The van der Waals surface area contributed by atoms with Crippen LogP contribution in [0.25, 0.3) is 15.9 Å². The second-order valence-electron chi connectivity index (χ2n) is 7.21. The van der Waals surface area contributed by atoms with Crippen LogP contribution in [0, 0.1) is 0 Å². The molecular formula is C21H19N5O2S2. The van der Waals surface area contributed by atoms with Crippen molar-refractivity contribution in [3.63, 3.8) is 0 Å². The molecule has 1 aromatic carbocycles. The summed E-state index contributed by atoms with van der Waals surface area (Å²) in [6.07, 6.45) is 2.28. The average Bonchev–Trinajstić information content (AvgIpc) is 3.35. The van der Waals surface area contributed by atoms with Crippen LogP contribution in [0.2, 0.25) is 0 Å². The minimum absolute atomic E-state index is 0.0969. The normalized spacial score (nSPS) is 13.6. The number of nitrogens with zero attached hydrogens (tertiary/aromatic N) is 4. The molecule has 0 saturated heterocycles. The van der Waals surface area contributed by atoms with E-state index in [2.05, 4.69) is 10.3 Å². The number of carbonyl (C=O) groups is 1. The molecule has 1 amide bonds. The smallest absolute Gasteiger partial charge is 0.262 e. The molecule has 3 aromatic heterocycles. The van der Waals surface area contributed by atoms with Crippen molar-refractivity contribution >= 4 is 45.0 Å². The van der Waals surface area contributed by atoms with Crippen molar-refractivity contribution in [2.75, 3.05) is 11.1 Å². The maximum absolute atomic E-state index is 12.7. The third kappa shape index (κ3) is 3.66. The Morgan fingerprint density at radius 2 is 2.07 bits per heavy atom. The molecule has 0 unspecified atom stereocenters. The summed E-state index contributed by atoms with van der Waals surface area (Å²) in [5, 5.41) is 10.7. The first kappa shape index (κ1) is 19.1. The Kier molecular flexibility index (Phi) is 4.92. The van der Waals surface area contributed by atoms with Gasteiger partial charge in [0.05, 0.1) is 22.5 Å². The topological polar surface area (TPSA) is 81.8 Å². The van der Waals surface area contributed by atoms with E-state index in [0.717, 1.165) is 24.2 Å². The molecule has 0 radical (unpaired) electrons. The van der Waals surface area contributed by atoms with Crippen LogP contribution in [0.4, 0.5) is 5.82 Å². The summed E-state index contributed by atoms with van der Waals surface area (Å²) in [5.74, 6) is 1.12. The number of hydrogen-bond donors (Lipinski definition) is 1. The van der Waals surface area contributed by atoms with Gasteiger partial charge in [0.25, 0.3) is 5.56 Å². The molecule has 1 saturated carbocycles. The van der Waals surface area contributed by atoms with Crippen LogP contribution in [-0.2, 0) is 11.8 Å². The van der Waals surface area contributed by atoms with Gasteiger partial charge in [0.15, 0.2) is 5.16 Å². The number of aromatic nitrogens is 4. The number of carbonyl (C=O) groups excluding carboxylic acids is 1. The molecule has 152 valence electrons. The number of para-hydroxylation sites is 1. The van der Waals surface area contributed by atoms with Crippen molar-refractivity contribution < 1.29 is 4.79 Å². The van der Waals surface area contributed by atoms with Gasteiger partial charge in [-0.05, 0) is 36.4 Å². The molecule has 1 fully saturated rings. The third-order valence-corrected chi connectivity index (χ3v) is 6.82. The van der Waals surface area contributed by atoms with Gasteiger partial charge in [-0.15, -0.1) is 11.3 Å². The maximum atomic E-state index is 12.7.